The Hall–Kier alpha value is -2.92. The van der Waals surface area contributed by atoms with Crippen LogP contribution in [0.3, 0.4) is 0 Å². The topological polar surface area (TPSA) is 41.5 Å². The van der Waals surface area contributed by atoms with Gasteiger partial charge in [-0.1, -0.05) is 62.7 Å². The third-order valence-corrected chi connectivity index (χ3v) is 7.44. The van der Waals surface area contributed by atoms with Crippen molar-refractivity contribution in [2.24, 2.45) is 5.92 Å². The SMILES string of the molecule is Cc1ccc(Oc2nc(N3CCC(C)CC3)nc3c2CN(Cc2ccc(C(C)C)cc2)CC3)cc1. The fourth-order valence-electron chi connectivity index (χ4n) is 4.98. The largest absolute Gasteiger partial charge is 0.439 e. The zero-order valence-electron chi connectivity index (χ0n) is 21.6. The Morgan fingerprint density at radius 1 is 0.943 bits per heavy atom. The third-order valence-electron chi connectivity index (χ3n) is 7.44. The summed E-state index contributed by atoms with van der Waals surface area (Å²) < 4.78 is 6.42. The molecule has 5 heteroatoms. The average molecular weight is 471 g/mol. The zero-order valence-corrected chi connectivity index (χ0v) is 21.6. The van der Waals surface area contributed by atoms with Gasteiger partial charge in [0.2, 0.25) is 11.8 Å². The van der Waals surface area contributed by atoms with E-state index in [0.29, 0.717) is 11.8 Å². The molecule has 5 nitrogen and oxygen atoms in total. The predicted octanol–water partition coefficient (Wildman–Crippen LogP) is 6.50. The Balaban J connectivity index is 1.40. The molecule has 0 aliphatic carbocycles. The van der Waals surface area contributed by atoms with Crippen molar-refractivity contribution in [3.8, 4) is 11.6 Å². The predicted molar refractivity (Wildman–Crippen MR) is 142 cm³/mol. The van der Waals surface area contributed by atoms with Crippen molar-refractivity contribution in [2.45, 2.75) is 66.0 Å². The molecule has 0 radical (unpaired) electrons. The molecule has 1 aromatic heterocycles. The summed E-state index contributed by atoms with van der Waals surface area (Å²) in [6.07, 6.45) is 3.30. The smallest absolute Gasteiger partial charge is 0.228 e. The van der Waals surface area contributed by atoms with Crippen LogP contribution in [0.25, 0.3) is 0 Å². The second-order valence-electron chi connectivity index (χ2n) is 10.7. The highest BCUT2D eigenvalue weighted by atomic mass is 16.5. The van der Waals surface area contributed by atoms with Crippen LogP contribution < -0.4 is 9.64 Å². The highest BCUT2D eigenvalue weighted by molar-refractivity contribution is 5.44. The lowest BCUT2D eigenvalue weighted by Crippen LogP contribution is -2.36. The van der Waals surface area contributed by atoms with E-state index in [-0.39, 0.29) is 0 Å². The highest BCUT2D eigenvalue weighted by Crippen LogP contribution is 2.33. The Bertz CT molecular complexity index is 1130. The minimum Gasteiger partial charge on any atom is -0.439 e. The van der Waals surface area contributed by atoms with E-state index >= 15 is 0 Å². The molecular formula is C30H38N4O. The van der Waals surface area contributed by atoms with Crippen LogP contribution in [0.4, 0.5) is 5.95 Å². The number of rotatable bonds is 6. The monoisotopic (exact) mass is 470 g/mol. The second kappa shape index (κ2) is 10.4. The van der Waals surface area contributed by atoms with Gasteiger partial charge in [0.15, 0.2) is 0 Å². The second-order valence-corrected chi connectivity index (χ2v) is 10.7. The number of hydrogen-bond acceptors (Lipinski definition) is 5. The molecule has 0 amide bonds. The van der Waals surface area contributed by atoms with Gasteiger partial charge in [-0.15, -0.1) is 0 Å². The van der Waals surface area contributed by atoms with Crippen molar-refractivity contribution in [1.29, 1.82) is 0 Å². The molecule has 2 aromatic carbocycles. The van der Waals surface area contributed by atoms with E-state index in [4.69, 9.17) is 14.7 Å². The lowest BCUT2D eigenvalue weighted by atomic mass is 9.99. The molecule has 0 spiro atoms. The maximum absolute atomic E-state index is 6.42. The van der Waals surface area contributed by atoms with Crippen LogP contribution in [0.5, 0.6) is 11.6 Å². The first-order valence-corrected chi connectivity index (χ1v) is 13.1. The summed E-state index contributed by atoms with van der Waals surface area (Å²) in [6, 6.07) is 17.3. The van der Waals surface area contributed by atoms with Crippen LogP contribution in [-0.4, -0.2) is 34.5 Å². The van der Waals surface area contributed by atoms with Gasteiger partial charge in [-0.2, -0.15) is 4.98 Å². The maximum Gasteiger partial charge on any atom is 0.228 e. The number of piperidine rings is 1. The van der Waals surface area contributed by atoms with Crippen molar-refractivity contribution in [2.75, 3.05) is 24.5 Å². The molecule has 0 atom stereocenters. The van der Waals surface area contributed by atoms with Crippen molar-refractivity contribution in [3.63, 3.8) is 0 Å². The van der Waals surface area contributed by atoms with Crippen LogP contribution in [0.2, 0.25) is 0 Å². The van der Waals surface area contributed by atoms with E-state index in [1.165, 1.54) is 29.5 Å². The van der Waals surface area contributed by atoms with E-state index < -0.39 is 0 Å². The molecule has 0 bridgehead atoms. The van der Waals surface area contributed by atoms with Gasteiger partial charge >= 0.3 is 0 Å². The molecule has 3 aromatic rings. The van der Waals surface area contributed by atoms with Gasteiger partial charge in [-0.05, 0) is 54.9 Å². The van der Waals surface area contributed by atoms with Gasteiger partial charge in [0.25, 0.3) is 0 Å². The van der Waals surface area contributed by atoms with E-state index in [1.807, 2.05) is 12.1 Å². The number of anilines is 1. The number of hydrogen-bond donors (Lipinski definition) is 0. The standard InChI is InChI=1S/C30H38N4O/c1-21(2)25-9-7-24(8-10-25)19-33-16-15-28-27(20-33)29(35-26-11-5-22(3)6-12-26)32-30(31-28)34-17-13-23(4)14-18-34/h5-12,21,23H,13-20H2,1-4H3. The van der Waals surface area contributed by atoms with Gasteiger partial charge < -0.3 is 9.64 Å². The van der Waals surface area contributed by atoms with Crippen LogP contribution in [0, 0.1) is 12.8 Å². The summed E-state index contributed by atoms with van der Waals surface area (Å²) in [7, 11) is 0. The first-order chi connectivity index (χ1) is 16.9. The average Bonchev–Trinajstić information content (AvgIpc) is 2.86. The van der Waals surface area contributed by atoms with Crippen molar-refractivity contribution < 1.29 is 4.74 Å². The quantitative estimate of drug-likeness (QED) is 0.412. The first kappa shape index (κ1) is 23.8. The van der Waals surface area contributed by atoms with E-state index in [9.17, 15) is 0 Å². The van der Waals surface area contributed by atoms with Crippen molar-refractivity contribution in [3.05, 3.63) is 76.5 Å². The molecule has 184 valence electrons. The van der Waals surface area contributed by atoms with Gasteiger partial charge in [-0.3, -0.25) is 4.90 Å². The molecule has 35 heavy (non-hydrogen) atoms. The number of fused-ring (bicyclic) bond motifs is 1. The number of aryl methyl sites for hydroxylation is 1. The van der Waals surface area contributed by atoms with Gasteiger partial charge in [0, 0.05) is 39.1 Å². The molecular weight excluding hydrogens is 432 g/mol. The number of aromatic nitrogens is 2. The fourth-order valence-corrected chi connectivity index (χ4v) is 4.98. The third kappa shape index (κ3) is 5.67. The highest BCUT2D eigenvalue weighted by Gasteiger charge is 2.27. The Morgan fingerprint density at radius 2 is 1.66 bits per heavy atom. The summed E-state index contributed by atoms with van der Waals surface area (Å²) in [4.78, 5) is 14.9. The number of nitrogens with zero attached hydrogens (tertiary/aromatic N) is 4. The zero-order chi connectivity index (χ0) is 24.4. The Morgan fingerprint density at radius 3 is 2.34 bits per heavy atom. The minimum atomic E-state index is 0.557. The molecule has 2 aliphatic heterocycles. The van der Waals surface area contributed by atoms with E-state index in [1.54, 1.807) is 0 Å². The van der Waals surface area contributed by atoms with Gasteiger partial charge in [0.05, 0.1) is 11.3 Å². The fraction of sp³-hybridized carbons (Fsp3) is 0.467. The number of benzene rings is 2. The summed E-state index contributed by atoms with van der Waals surface area (Å²) in [6.45, 7) is 13.7. The van der Waals surface area contributed by atoms with Crippen LogP contribution in [0.1, 0.15) is 67.5 Å². The molecule has 0 unspecified atom stereocenters. The summed E-state index contributed by atoms with van der Waals surface area (Å²) >= 11 is 0. The minimum absolute atomic E-state index is 0.557. The lowest BCUT2D eigenvalue weighted by molar-refractivity contribution is 0.238. The van der Waals surface area contributed by atoms with Gasteiger partial charge in [0.1, 0.15) is 5.75 Å². The molecule has 3 heterocycles. The Kier molecular flexibility index (Phi) is 7.05. The molecule has 1 saturated heterocycles. The van der Waals surface area contributed by atoms with E-state index in [0.717, 1.165) is 68.0 Å². The normalized spacial score (nSPS) is 17.0. The molecule has 1 fully saturated rings. The Labute approximate surface area is 210 Å². The van der Waals surface area contributed by atoms with Crippen LogP contribution in [-0.2, 0) is 19.5 Å². The van der Waals surface area contributed by atoms with Gasteiger partial charge in [-0.25, -0.2) is 4.98 Å². The van der Waals surface area contributed by atoms with Crippen LogP contribution in [0.15, 0.2) is 48.5 Å². The van der Waals surface area contributed by atoms with Crippen molar-refractivity contribution >= 4 is 5.95 Å². The van der Waals surface area contributed by atoms with Crippen LogP contribution >= 0.6 is 0 Å². The molecule has 5 rings (SSSR count). The lowest BCUT2D eigenvalue weighted by Gasteiger charge is -2.33. The summed E-state index contributed by atoms with van der Waals surface area (Å²) in [5.41, 5.74) is 6.23. The molecule has 0 N–H and O–H groups in total. The number of ether oxygens (including phenoxy) is 1. The summed E-state index contributed by atoms with van der Waals surface area (Å²) in [5, 5.41) is 0. The maximum atomic E-state index is 6.42. The first-order valence-electron chi connectivity index (χ1n) is 13.1. The summed E-state index contributed by atoms with van der Waals surface area (Å²) in [5.74, 6) is 3.70. The van der Waals surface area contributed by atoms with Crippen molar-refractivity contribution in [1.82, 2.24) is 14.9 Å². The van der Waals surface area contributed by atoms with E-state index in [2.05, 4.69) is 73.9 Å². The molecule has 0 saturated carbocycles. The molecule has 2 aliphatic rings.